The van der Waals surface area contributed by atoms with Crippen molar-refractivity contribution < 1.29 is 18.0 Å². The molecule has 0 radical (unpaired) electrons. The van der Waals surface area contributed by atoms with Crippen LogP contribution in [0.3, 0.4) is 0 Å². The van der Waals surface area contributed by atoms with Crippen molar-refractivity contribution in [2.45, 2.75) is 46.3 Å². The highest BCUT2D eigenvalue weighted by atomic mass is 35.5. The third-order valence-corrected chi connectivity index (χ3v) is 6.75. The van der Waals surface area contributed by atoms with Crippen molar-refractivity contribution >= 4 is 50.7 Å². The Labute approximate surface area is 205 Å². The first-order chi connectivity index (χ1) is 15.3. The third kappa shape index (κ3) is 7.62. The summed E-state index contributed by atoms with van der Waals surface area (Å²) in [5, 5.41) is 3.67. The van der Waals surface area contributed by atoms with Crippen LogP contribution in [-0.2, 0) is 26.2 Å². The van der Waals surface area contributed by atoms with Gasteiger partial charge in [0.1, 0.15) is 12.6 Å². The van der Waals surface area contributed by atoms with E-state index in [-0.39, 0.29) is 24.2 Å². The summed E-state index contributed by atoms with van der Waals surface area (Å²) in [5.41, 5.74) is 1.76. The largest absolute Gasteiger partial charge is 0.352 e. The molecular weight excluding hydrogens is 485 g/mol. The summed E-state index contributed by atoms with van der Waals surface area (Å²) in [6.07, 6.45) is 1.02. The number of benzene rings is 2. The molecule has 0 bridgehead atoms. The SMILES string of the molecule is Cc1ccc(N(CC(=O)N(Cc2cccc(Cl)c2)[C@H](C)C(=O)NC(C)C)S(C)(=O)=O)cc1Cl. The molecule has 7 nitrogen and oxygen atoms in total. The van der Waals surface area contributed by atoms with Crippen LogP contribution in [0.1, 0.15) is 31.9 Å². The van der Waals surface area contributed by atoms with Crippen molar-refractivity contribution in [3.05, 3.63) is 63.6 Å². The van der Waals surface area contributed by atoms with Gasteiger partial charge < -0.3 is 10.2 Å². The molecule has 0 unspecified atom stereocenters. The van der Waals surface area contributed by atoms with Gasteiger partial charge in [-0.05, 0) is 63.1 Å². The lowest BCUT2D eigenvalue weighted by Crippen LogP contribution is -2.52. The number of halogens is 2. The molecule has 1 atom stereocenters. The molecule has 0 fully saturated rings. The molecule has 0 saturated heterocycles. The maximum absolute atomic E-state index is 13.4. The Bertz CT molecular complexity index is 1120. The number of amides is 2. The van der Waals surface area contributed by atoms with E-state index in [0.29, 0.717) is 15.6 Å². The first-order valence-electron chi connectivity index (χ1n) is 10.4. The summed E-state index contributed by atoms with van der Waals surface area (Å²) >= 11 is 12.3. The Morgan fingerprint density at radius 2 is 1.73 bits per heavy atom. The van der Waals surface area contributed by atoms with Gasteiger partial charge in [0.25, 0.3) is 0 Å². The topological polar surface area (TPSA) is 86.8 Å². The molecule has 0 saturated carbocycles. The predicted octanol–water partition coefficient (Wildman–Crippen LogP) is 4.01. The molecule has 1 N–H and O–H groups in total. The van der Waals surface area contributed by atoms with Gasteiger partial charge in [-0.3, -0.25) is 13.9 Å². The summed E-state index contributed by atoms with van der Waals surface area (Å²) in [5.74, 6) is -0.881. The van der Waals surface area contributed by atoms with E-state index in [1.807, 2.05) is 13.8 Å². The fourth-order valence-electron chi connectivity index (χ4n) is 3.17. The Hall–Kier alpha value is -2.29. The Morgan fingerprint density at radius 3 is 2.27 bits per heavy atom. The van der Waals surface area contributed by atoms with Gasteiger partial charge in [0.15, 0.2) is 0 Å². The average Bonchev–Trinajstić information content (AvgIpc) is 2.70. The van der Waals surface area contributed by atoms with Crippen LogP contribution in [-0.4, -0.2) is 50.0 Å². The molecular formula is C23H29Cl2N3O4S. The van der Waals surface area contributed by atoms with Gasteiger partial charge in [0, 0.05) is 22.6 Å². The Morgan fingerprint density at radius 1 is 1.06 bits per heavy atom. The number of nitrogens with one attached hydrogen (secondary N) is 1. The number of hydrogen-bond donors (Lipinski definition) is 1. The highest BCUT2D eigenvalue weighted by molar-refractivity contribution is 7.92. The molecule has 2 rings (SSSR count). The molecule has 2 aromatic carbocycles. The van der Waals surface area contributed by atoms with Gasteiger partial charge in [0.05, 0.1) is 11.9 Å². The predicted molar refractivity (Wildman–Crippen MR) is 133 cm³/mol. The monoisotopic (exact) mass is 513 g/mol. The number of carbonyl (C=O) groups excluding carboxylic acids is 2. The van der Waals surface area contributed by atoms with Crippen LogP contribution in [0.15, 0.2) is 42.5 Å². The van der Waals surface area contributed by atoms with Gasteiger partial charge in [0.2, 0.25) is 21.8 Å². The number of hydrogen-bond acceptors (Lipinski definition) is 4. The van der Waals surface area contributed by atoms with Crippen LogP contribution in [0.25, 0.3) is 0 Å². The molecule has 0 aliphatic carbocycles. The van der Waals surface area contributed by atoms with E-state index in [1.165, 1.54) is 11.0 Å². The summed E-state index contributed by atoms with van der Waals surface area (Å²) in [4.78, 5) is 27.5. The van der Waals surface area contributed by atoms with E-state index in [2.05, 4.69) is 5.32 Å². The standard InChI is InChI=1S/C23H29Cl2N3O4S/c1-15(2)26-23(30)17(4)27(13-18-7-6-8-19(24)11-18)22(29)14-28(33(5,31)32)20-10-9-16(3)21(25)12-20/h6-12,15,17H,13-14H2,1-5H3,(H,26,30)/t17-/m1/s1. The molecule has 0 spiro atoms. The molecule has 180 valence electrons. The van der Waals surface area contributed by atoms with Crippen LogP contribution in [0.2, 0.25) is 10.0 Å². The number of sulfonamides is 1. The maximum Gasteiger partial charge on any atom is 0.244 e. The van der Waals surface area contributed by atoms with Gasteiger partial charge in [-0.2, -0.15) is 0 Å². The summed E-state index contributed by atoms with van der Waals surface area (Å²) in [6.45, 7) is 6.63. The van der Waals surface area contributed by atoms with E-state index < -0.39 is 28.5 Å². The average molecular weight is 514 g/mol. The number of carbonyl (C=O) groups is 2. The fraction of sp³-hybridized carbons (Fsp3) is 0.391. The second-order valence-electron chi connectivity index (χ2n) is 8.19. The summed E-state index contributed by atoms with van der Waals surface area (Å²) < 4.78 is 26.1. The van der Waals surface area contributed by atoms with Crippen molar-refractivity contribution in [1.82, 2.24) is 10.2 Å². The fourth-order valence-corrected chi connectivity index (χ4v) is 4.40. The minimum absolute atomic E-state index is 0.0817. The molecule has 10 heteroatoms. The number of anilines is 1. The van der Waals surface area contributed by atoms with Crippen molar-refractivity contribution in [2.75, 3.05) is 17.1 Å². The summed E-state index contributed by atoms with van der Waals surface area (Å²) in [6, 6.07) is 10.7. The van der Waals surface area contributed by atoms with Crippen molar-refractivity contribution in [3.63, 3.8) is 0 Å². The zero-order valence-corrected chi connectivity index (χ0v) is 21.6. The van der Waals surface area contributed by atoms with E-state index in [4.69, 9.17) is 23.2 Å². The minimum Gasteiger partial charge on any atom is -0.352 e. The Kier molecular flexibility index (Phi) is 9.17. The zero-order chi connectivity index (χ0) is 24.9. The first-order valence-corrected chi connectivity index (χ1v) is 13.0. The lowest BCUT2D eigenvalue weighted by atomic mass is 10.1. The number of rotatable bonds is 9. The normalized spacial score (nSPS) is 12.4. The van der Waals surface area contributed by atoms with Crippen LogP contribution in [0, 0.1) is 6.92 Å². The molecule has 0 aliphatic rings. The summed E-state index contributed by atoms with van der Waals surface area (Å²) in [7, 11) is -3.82. The van der Waals surface area contributed by atoms with Gasteiger partial charge in [-0.25, -0.2) is 8.42 Å². The Balaban J connectivity index is 2.41. The number of aryl methyl sites for hydroxylation is 1. The first kappa shape index (κ1) is 27.0. The van der Waals surface area contributed by atoms with Crippen molar-refractivity contribution in [1.29, 1.82) is 0 Å². The molecule has 2 aromatic rings. The van der Waals surface area contributed by atoms with E-state index in [0.717, 1.165) is 16.1 Å². The maximum atomic E-state index is 13.4. The highest BCUT2D eigenvalue weighted by Crippen LogP contribution is 2.25. The van der Waals surface area contributed by atoms with Gasteiger partial charge in [-0.15, -0.1) is 0 Å². The second kappa shape index (κ2) is 11.2. The second-order valence-corrected chi connectivity index (χ2v) is 10.9. The molecule has 2 amide bonds. The highest BCUT2D eigenvalue weighted by Gasteiger charge is 2.30. The van der Waals surface area contributed by atoms with Gasteiger partial charge >= 0.3 is 0 Å². The minimum atomic E-state index is -3.82. The quantitative estimate of drug-likeness (QED) is 0.548. The van der Waals surface area contributed by atoms with Crippen LogP contribution in [0.5, 0.6) is 0 Å². The van der Waals surface area contributed by atoms with Crippen LogP contribution < -0.4 is 9.62 Å². The molecule has 0 aromatic heterocycles. The molecule has 33 heavy (non-hydrogen) atoms. The van der Waals surface area contributed by atoms with Crippen molar-refractivity contribution in [3.8, 4) is 0 Å². The lowest BCUT2D eigenvalue weighted by Gasteiger charge is -2.32. The van der Waals surface area contributed by atoms with Gasteiger partial charge in [-0.1, -0.05) is 41.4 Å². The molecule has 0 aliphatic heterocycles. The zero-order valence-electron chi connectivity index (χ0n) is 19.3. The van der Waals surface area contributed by atoms with Crippen LogP contribution in [0.4, 0.5) is 5.69 Å². The van der Waals surface area contributed by atoms with E-state index in [9.17, 15) is 18.0 Å². The van der Waals surface area contributed by atoms with Crippen LogP contribution >= 0.6 is 23.2 Å². The number of nitrogens with zero attached hydrogens (tertiary/aromatic N) is 2. The van der Waals surface area contributed by atoms with Crippen molar-refractivity contribution in [2.24, 2.45) is 0 Å². The van der Waals surface area contributed by atoms with E-state index in [1.54, 1.807) is 50.2 Å². The smallest absolute Gasteiger partial charge is 0.244 e. The van der Waals surface area contributed by atoms with E-state index >= 15 is 0 Å². The molecule has 0 heterocycles. The lowest BCUT2D eigenvalue weighted by molar-refractivity contribution is -0.139. The third-order valence-electron chi connectivity index (χ3n) is 4.96.